The number of urea groups is 1. The number of rotatable bonds is 1. The first kappa shape index (κ1) is 15.4. The van der Waals surface area contributed by atoms with E-state index in [0.29, 0.717) is 19.7 Å². The number of benzene rings is 2. The minimum absolute atomic E-state index is 0.0868. The SMILES string of the molecule is CNC(=O)N1CCOc2ccc(-c3cccc4ncccc34)cc2C1. The monoisotopic (exact) mass is 333 g/mol. The van der Waals surface area contributed by atoms with Gasteiger partial charge in [0.25, 0.3) is 0 Å². The molecule has 3 aromatic rings. The van der Waals surface area contributed by atoms with Gasteiger partial charge in [-0.25, -0.2) is 4.79 Å². The summed E-state index contributed by atoms with van der Waals surface area (Å²) < 4.78 is 5.82. The van der Waals surface area contributed by atoms with Gasteiger partial charge in [0.1, 0.15) is 12.4 Å². The van der Waals surface area contributed by atoms with Gasteiger partial charge < -0.3 is 15.0 Å². The first-order valence-electron chi connectivity index (χ1n) is 8.33. The van der Waals surface area contributed by atoms with Crippen molar-refractivity contribution in [3.05, 3.63) is 60.3 Å². The van der Waals surface area contributed by atoms with Crippen molar-refractivity contribution in [2.45, 2.75) is 6.54 Å². The summed E-state index contributed by atoms with van der Waals surface area (Å²) in [6.07, 6.45) is 1.80. The van der Waals surface area contributed by atoms with E-state index >= 15 is 0 Å². The average molecular weight is 333 g/mol. The third kappa shape index (κ3) is 2.89. The minimum Gasteiger partial charge on any atom is -0.491 e. The number of fused-ring (bicyclic) bond motifs is 2. The number of ether oxygens (including phenoxy) is 1. The lowest BCUT2D eigenvalue weighted by Crippen LogP contribution is -2.38. The van der Waals surface area contributed by atoms with Crippen LogP contribution in [0.3, 0.4) is 0 Å². The number of aromatic nitrogens is 1. The Morgan fingerprint density at radius 1 is 1.20 bits per heavy atom. The summed E-state index contributed by atoms with van der Waals surface area (Å²) in [7, 11) is 1.65. The van der Waals surface area contributed by atoms with Gasteiger partial charge in [-0.05, 0) is 35.4 Å². The van der Waals surface area contributed by atoms with Crippen molar-refractivity contribution in [1.29, 1.82) is 0 Å². The van der Waals surface area contributed by atoms with Crippen molar-refractivity contribution in [2.75, 3.05) is 20.2 Å². The van der Waals surface area contributed by atoms with E-state index in [1.807, 2.05) is 24.3 Å². The van der Waals surface area contributed by atoms with Crippen molar-refractivity contribution in [3.8, 4) is 16.9 Å². The second-order valence-corrected chi connectivity index (χ2v) is 6.02. The maximum absolute atomic E-state index is 12.0. The summed E-state index contributed by atoms with van der Waals surface area (Å²) in [5, 5.41) is 3.80. The fraction of sp³-hybridized carbons (Fsp3) is 0.200. The van der Waals surface area contributed by atoms with Gasteiger partial charge in [-0.15, -0.1) is 0 Å². The Kier molecular flexibility index (Phi) is 3.98. The molecule has 2 amide bonds. The van der Waals surface area contributed by atoms with E-state index in [2.05, 4.69) is 34.6 Å². The molecule has 0 atom stereocenters. The van der Waals surface area contributed by atoms with Crippen LogP contribution in [-0.2, 0) is 6.54 Å². The molecule has 0 radical (unpaired) electrons. The number of carbonyl (C=O) groups excluding carboxylic acids is 1. The maximum Gasteiger partial charge on any atom is 0.317 e. The van der Waals surface area contributed by atoms with Gasteiger partial charge in [0.2, 0.25) is 0 Å². The summed E-state index contributed by atoms with van der Waals surface area (Å²) in [6, 6.07) is 16.2. The van der Waals surface area contributed by atoms with Gasteiger partial charge in [-0.2, -0.15) is 0 Å². The van der Waals surface area contributed by atoms with E-state index in [1.54, 1.807) is 18.1 Å². The highest BCUT2D eigenvalue weighted by molar-refractivity contribution is 5.94. The standard InChI is InChI=1S/C20H19N3O2/c1-21-20(24)23-10-11-25-19-8-7-14(12-15(19)13-23)16-4-2-6-18-17(16)5-3-9-22-18/h2-9,12H,10-11,13H2,1H3,(H,21,24). The Bertz CT molecular complexity index is 934. The third-order valence-corrected chi connectivity index (χ3v) is 4.50. The van der Waals surface area contributed by atoms with Crippen LogP contribution in [0.15, 0.2) is 54.7 Å². The van der Waals surface area contributed by atoms with E-state index in [0.717, 1.165) is 33.3 Å². The molecule has 1 N–H and O–H groups in total. The zero-order valence-electron chi connectivity index (χ0n) is 14.0. The molecule has 0 bridgehead atoms. The smallest absolute Gasteiger partial charge is 0.317 e. The molecular weight excluding hydrogens is 314 g/mol. The van der Waals surface area contributed by atoms with Crippen LogP contribution < -0.4 is 10.1 Å². The highest BCUT2D eigenvalue weighted by Crippen LogP contribution is 2.32. The highest BCUT2D eigenvalue weighted by atomic mass is 16.5. The number of pyridine rings is 1. The summed E-state index contributed by atoms with van der Waals surface area (Å²) in [6.45, 7) is 1.60. The number of nitrogens with one attached hydrogen (secondary N) is 1. The molecule has 0 spiro atoms. The van der Waals surface area contributed by atoms with E-state index < -0.39 is 0 Å². The molecule has 1 aromatic heterocycles. The molecule has 1 aliphatic heterocycles. The van der Waals surface area contributed by atoms with Crippen LogP contribution in [0, 0.1) is 0 Å². The van der Waals surface area contributed by atoms with Crippen molar-refractivity contribution in [1.82, 2.24) is 15.2 Å². The normalized spacial score (nSPS) is 13.7. The van der Waals surface area contributed by atoms with Gasteiger partial charge in [0.15, 0.2) is 0 Å². The predicted molar refractivity (Wildman–Crippen MR) is 97.5 cm³/mol. The van der Waals surface area contributed by atoms with Crippen molar-refractivity contribution in [3.63, 3.8) is 0 Å². The van der Waals surface area contributed by atoms with E-state index in [1.165, 1.54) is 0 Å². The fourth-order valence-electron chi connectivity index (χ4n) is 3.25. The van der Waals surface area contributed by atoms with Gasteiger partial charge in [-0.3, -0.25) is 4.98 Å². The number of hydrogen-bond donors (Lipinski definition) is 1. The molecule has 0 unspecified atom stereocenters. The lowest BCUT2D eigenvalue weighted by molar-refractivity contribution is 0.190. The molecule has 2 heterocycles. The Balaban J connectivity index is 1.78. The molecule has 25 heavy (non-hydrogen) atoms. The van der Waals surface area contributed by atoms with Crippen molar-refractivity contribution in [2.24, 2.45) is 0 Å². The van der Waals surface area contributed by atoms with E-state index in [-0.39, 0.29) is 6.03 Å². The Morgan fingerprint density at radius 2 is 2.12 bits per heavy atom. The molecular formula is C20H19N3O2. The van der Waals surface area contributed by atoms with E-state index in [9.17, 15) is 4.79 Å². The quantitative estimate of drug-likeness (QED) is 0.742. The Hall–Kier alpha value is -3.08. The van der Waals surface area contributed by atoms with Crippen LogP contribution in [0.5, 0.6) is 5.75 Å². The summed E-state index contributed by atoms with van der Waals surface area (Å²) in [5.74, 6) is 0.841. The Labute approximate surface area is 146 Å². The van der Waals surface area contributed by atoms with Gasteiger partial charge in [-0.1, -0.05) is 24.3 Å². The summed E-state index contributed by atoms with van der Waals surface area (Å²) in [5.41, 5.74) is 4.21. The first-order chi connectivity index (χ1) is 12.3. The lowest BCUT2D eigenvalue weighted by atomic mass is 9.98. The minimum atomic E-state index is -0.0868. The van der Waals surface area contributed by atoms with Crippen LogP contribution >= 0.6 is 0 Å². The molecule has 0 aliphatic carbocycles. The van der Waals surface area contributed by atoms with Crippen LogP contribution in [0.1, 0.15) is 5.56 Å². The van der Waals surface area contributed by atoms with Crippen LogP contribution in [0.2, 0.25) is 0 Å². The first-order valence-corrected chi connectivity index (χ1v) is 8.33. The second kappa shape index (κ2) is 6.43. The van der Waals surface area contributed by atoms with Crippen molar-refractivity contribution >= 4 is 16.9 Å². The molecule has 2 aromatic carbocycles. The number of carbonyl (C=O) groups is 1. The third-order valence-electron chi connectivity index (χ3n) is 4.50. The predicted octanol–water partition coefficient (Wildman–Crippen LogP) is 3.44. The molecule has 5 heteroatoms. The zero-order chi connectivity index (χ0) is 17.2. The lowest BCUT2D eigenvalue weighted by Gasteiger charge is -2.19. The fourth-order valence-corrected chi connectivity index (χ4v) is 3.25. The summed E-state index contributed by atoms with van der Waals surface area (Å²) >= 11 is 0. The van der Waals surface area contributed by atoms with Gasteiger partial charge in [0.05, 0.1) is 18.6 Å². The maximum atomic E-state index is 12.0. The topological polar surface area (TPSA) is 54.5 Å². The molecule has 0 fully saturated rings. The molecule has 1 aliphatic rings. The molecule has 126 valence electrons. The van der Waals surface area contributed by atoms with Gasteiger partial charge in [0, 0.05) is 24.2 Å². The number of hydrogen-bond acceptors (Lipinski definition) is 3. The zero-order valence-corrected chi connectivity index (χ0v) is 14.0. The van der Waals surface area contributed by atoms with Crippen LogP contribution in [0.25, 0.3) is 22.0 Å². The molecule has 0 saturated heterocycles. The molecule has 0 saturated carbocycles. The number of nitrogens with zero attached hydrogens (tertiary/aromatic N) is 2. The second-order valence-electron chi connectivity index (χ2n) is 6.02. The highest BCUT2D eigenvalue weighted by Gasteiger charge is 2.19. The van der Waals surface area contributed by atoms with E-state index in [4.69, 9.17) is 4.74 Å². The van der Waals surface area contributed by atoms with Gasteiger partial charge >= 0.3 is 6.03 Å². The van der Waals surface area contributed by atoms with Crippen molar-refractivity contribution < 1.29 is 9.53 Å². The van der Waals surface area contributed by atoms with Crippen LogP contribution in [-0.4, -0.2) is 36.1 Å². The average Bonchev–Trinajstić information content (AvgIpc) is 2.88. The van der Waals surface area contributed by atoms with Crippen LogP contribution in [0.4, 0.5) is 4.79 Å². The molecule has 4 rings (SSSR count). The molecule has 5 nitrogen and oxygen atoms in total. The summed E-state index contributed by atoms with van der Waals surface area (Å²) in [4.78, 5) is 18.2. The number of amides is 2. The largest absolute Gasteiger partial charge is 0.491 e. The Morgan fingerprint density at radius 3 is 3.00 bits per heavy atom.